The number of hydrogen-bond acceptors (Lipinski definition) is 3. The Morgan fingerprint density at radius 3 is 2.25 bits per heavy atom. The fourth-order valence-corrected chi connectivity index (χ4v) is 4.48. The van der Waals surface area contributed by atoms with E-state index in [0.717, 1.165) is 24.0 Å². The monoisotopic (exact) mass is 299 g/mol. The molecule has 1 N–H and O–H groups in total. The van der Waals surface area contributed by atoms with Crippen molar-refractivity contribution in [3.8, 4) is 0 Å². The molecule has 0 aliphatic carbocycles. The van der Waals surface area contributed by atoms with Crippen molar-refractivity contribution in [3.05, 3.63) is 29.3 Å². The van der Waals surface area contributed by atoms with Gasteiger partial charge in [0.1, 0.15) is 0 Å². The Bertz CT molecular complexity index is 536. The number of aliphatic hydroxyl groups is 1. The first-order chi connectivity index (χ1) is 9.38. The molecule has 1 aromatic carbocycles. The quantitative estimate of drug-likeness (QED) is 0.841. The molecule has 114 valence electrons. The molecule has 0 aliphatic rings. The molecule has 5 heteroatoms. The van der Waals surface area contributed by atoms with E-state index in [1.165, 1.54) is 4.31 Å². The Morgan fingerprint density at radius 2 is 1.80 bits per heavy atom. The first-order valence-electron chi connectivity index (χ1n) is 7.08. The van der Waals surface area contributed by atoms with Crippen LogP contribution in [0.25, 0.3) is 0 Å². The van der Waals surface area contributed by atoms with E-state index in [1.54, 1.807) is 6.07 Å². The van der Waals surface area contributed by atoms with Crippen molar-refractivity contribution in [1.29, 1.82) is 0 Å². The van der Waals surface area contributed by atoms with E-state index >= 15 is 0 Å². The molecule has 0 unspecified atom stereocenters. The molecule has 0 fully saturated rings. The van der Waals surface area contributed by atoms with Gasteiger partial charge in [-0.15, -0.1) is 0 Å². The van der Waals surface area contributed by atoms with Crippen LogP contribution in [0.5, 0.6) is 0 Å². The third kappa shape index (κ3) is 3.59. The molecule has 1 aromatic rings. The van der Waals surface area contributed by atoms with Gasteiger partial charge in [0.15, 0.2) is 0 Å². The molecular weight excluding hydrogens is 274 g/mol. The number of sulfonamides is 1. The summed E-state index contributed by atoms with van der Waals surface area (Å²) in [6, 6.07) is 5.26. The molecule has 0 bridgehead atoms. The average Bonchev–Trinajstić information content (AvgIpc) is 2.38. The smallest absolute Gasteiger partial charge is 0.243 e. The molecule has 20 heavy (non-hydrogen) atoms. The summed E-state index contributed by atoms with van der Waals surface area (Å²) in [5.41, 5.74) is 1.79. The van der Waals surface area contributed by atoms with Crippen LogP contribution >= 0.6 is 0 Å². The normalized spacial score (nSPS) is 12.3. The Morgan fingerprint density at radius 1 is 1.20 bits per heavy atom. The Hall–Kier alpha value is -0.910. The highest BCUT2D eigenvalue weighted by molar-refractivity contribution is 7.89. The van der Waals surface area contributed by atoms with Crippen molar-refractivity contribution in [1.82, 2.24) is 4.31 Å². The number of benzene rings is 1. The van der Waals surface area contributed by atoms with Gasteiger partial charge in [-0.25, -0.2) is 8.42 Å². The number of hydrogen-bond donors (Lipinski definition) is 1. The van der Waals surface area contributed by atoms with Gasteiger partial charge in [0.05, 0.1) is 11.5 Å². The maximum absolute atomic E-state index is 12.8. The molecule has 0 aromatic heterocycles. The van der Waals surface area contributed by atoms with E-state index in [9.17, 15) is 13.5 Å². The zero-order valence-corrected chi connectivity index (χ0v) is 13.6. The Kier molecular flexibility index (Phi) is 6.17. The van der Waals surface area contributed by atoms with Crippen LogP contribution in [0.15, 0.2) is 23.1 Å². The predicted molar refractivity (Wildman–Crippen MR) is 81.3 cm³/mol. The summed E-state index contributed by atoms with van der Waals surface area (Å²) in [6.07, 6.45) is 1.47. The minimum atomic E-state index is -3.56. The molecule has 1 rings (SSSR count). The lowest BCUT2D eigenvalue weighted by Gasteiger charge is -2.29. The Labute approximate surface area is 122 Å². The molecule has 0 spiro atoms. The number of aliphatic hydroxyl groups excluding tert-OH is 1. The number of rotatable bonds is 7. The van der Waals surface area contributed by atoms with Gasteiger partial charge in [0, 0.05) is 12.6 Å². The zero-order valence-electron chi connectivity index (χ0n) is 12.8. The minimum absolute atomic E-state index is 0.0761. The number of nitrogens with zero attached hydrogens (tertiary/aromatic N) is 1. The van der Waals surface area contributed by atoms with Gasteiger partial charge >= 0.3 is 0 Å². The fraction of sp³-hybridized carbons (Fsp3) is 0.600. The van der Waals surface area contributed by atoms with Crippen molar-refractivity contribution in [2.45, 2.75) is 51.5 Å². The zero-order chi connectivity index (χ0) is 15.3. The summed E-state index contributed by atoms with van der Waals surface area (Å²) in [5.74, 6) is 0. The van der Waals surface area contributed by atoms with Crippen LogP contribution < -0.4 is 0 Å². The molecule has 0 amide bonds. The second-order valence-corrected chi connectivity index (χ2v) is 6.94. The maximum Gasteiger partial charge on any atom is 0.243 e. The van der Waals surface area contributed by atoms with Crippen molar-refractivity contribution in [2.24, 2.45) is 0 Å². The first kappa shape index (κ1) is 17.1. The standard InChI is InChI=1S/C15H25NO3S/c1-5-14(6-2)16(9-10-17)20(18,19)15-8-7-12(3)11-13(15)4/h7-8,11,14,17H,5-6,9-10H2,1-4H3. The van der Waals surface area contributed by atoms with Gasteiger partial charge in [-0.05, 0) is 38.3 Å². The second kappa shape index (κ2) is 7.20. The Balaban J connectivity index is 3.28. The highest BCUT2D eigenvalue weighted by Gasteiger charge is 2.30. The topological polar surface area (TPSA) is 57.6 Å². The molecule has 4 nitrogen and oxygen atoms in total. The summed E-state index contributed by atoms with van der Waals surface area (Å²) < 4.78 is 27.1. The summed E-state index contributed by atoms with van der Waals surface area (Å²) >= 11 is 0. The largest absolute Gasteiger partial charge is 0.395 e. The lowest BCUT2D eigenvalue weighted by Crippen LogP contribution is -2.41. The van der Waals surface area contributed by atoms with Gasteiger partial charge in [-0.3, -0.25) is 0 Å². The third-order valence-corrected chi connectivity index (χ3v) is 5.70. The van der Waals surface area contributed by atoms with Crippen LogP contribution in [0.2, 0.25) is 0 Å². The number of aryl methyl sites for hydroxylation is 2. The minimum Gasteiger partial charge on any atom is -0.395 e. The van der Waals surface area contributed by atoms with Crippen molar-refractivity contribution in [3.63, 3.8) is 0 Å². The van der Waals surface area contributed by atoms with Gasteiger partial charge in [-0.2, -0.15) is 4.31 Å². The van der Waals surface area contributed by atoms with Gasteiger partial charge < -0.3 is 5.11 Å². The highest BCUT2D eigenvalue weighted by atomic mass is 32.2. The molecule has 0 saturated carbocycles. The maximum atomic E-state index is 12.8. The summed E-state index contributed by atoms with van der Waals surface area (Å²) in [7, 11) is -3.56. The van der Waals surface area contributed by atoms with E-state index in [-0.39, 0.29) is 19.2 Å². The van der Waals surface area contributed by atoms with Crippen LogP contribution in [0.4, 0.5) is 0 Å². The lowest BCUT2D eigenvalue weighted by atomic mass is 10.2. The van der Waals surface area contributed by atoms with E-state index in [1.807, 2.05) is 39.8 Å². The van der Waals surface area contributed by atoms with Gasteiger partial charge in [0.2, 0.25) is 10.0 Å². The molecule has 0 heterocycles. The van der Waals surface area contributed by atoms with Crippen molar-refractivity contribution >= 4 is 10.0 Å². The van der Waals surface area contributed by atoms with Gasteiger partial charge in [0.25, 0.3) is 0 Å². The molecule has 0 aliphatic heterocycles. The van der Waals surface area contributed by atoms with E-state index in [0.29, 0.717) is 4.90 Å². The average molecular weight is 299 g/mol. The van der Waals surface area contributed by atoms with Crippen LogP contribution in [0.1, 0.15) is 37.8 Å². The molecular formula is C15H25NO3S. The highest BCUT2D eigenvalue weighted by Crippen LogP contribution is 2.24. The summed E-state index contributed by atoms with van der Waals surface area (Å²) in [5, 5.41) is 9.19. The third-order valence-electron chi connectivity index (χ3n) is 3.59. The summed E-state index contributed by atoms with van der Waals surface area (Å²) in [4.78, 5) is 0.337. The molecule has 0 atom stereocenters. The van der Waals surface area contributed by atoms with Crippen molar-refractivity contribution < 1.29 is 13.5 Å². The van der Waals surface area contributed by atoms with E-state index in [4.69, 9.17) is 0 Å². The van der Waals surface area contributed by atoms with Crippen molar-refractivity contribution in [2.75, 3.05) is 13.2 Å². The van der Waals surface area contributed by atoms with E-state index in [2.05, 4.69) is 0 Å². The van der Waals surface area contributed by atoms with Crippen LogP contribution in [-0.4, -0.2) is 37.0 Å². The van der Waals surface area contributed by atoms with Crippen LogP contribution in [-0.2, 0) is 10.0 Å². The molecule has 0 radical (unpaired) electrons. The fourth-order valence-electron chi connectivity index (χ4n) is 2.51. The lowest BCUT2D eigenvalue weighted by molar-refractivity contribution is 0.219. The summed E-state index contributed by atoms with van der Waals surface area (Å²) in [6.45, 7) is 7.66. The molecule has 0 saturated heterocycles. The van der Waals surface area contributed by atoms with E-state index < -0.39 is 10.0 Å². The van der Waals surface area contributed by atoms with Crippen LogP contribution in [0, 0.1) is 13.8 Å². The SMILES string of the molecule is CCC(CC)N(CCO)S(=O)(=O)c1ccc(C)cc1C. The first-order valence-corrected chi connectivity index (χ1v) is 8.52. The second-order valence-electron chi connectivity index (χ2n) is 5.08. The van der Waals surface area contributed by atoms with Crippen LogP contribution in [0.3, 0.4) is 0 Å². The van der Waals surface area contributed by atoms with Gasteiger partial charge in [-0.1, -0.05) is 31.5 Å². The predicted octanol–water partition coefficient (Wildman–Crippen LogP) is 2.48.